The molecule has 1 heterocycles. The van der Waals surface area contributed by atoms with Gasteiger partial charge in [-0.2, -0.15) is 5.10 Å². The Bertz CT molecular complexity index is 620. The monoisotopic (exact) mass is 227 g/mol. The molecule has 0 amide bonds. The lowest BCUT2D eigenvalue weighted by Gasteiger charge is -2.04. The van der Waals surface area contributed by atoms with Gasteiger partial charge in [0.2, 0.25) is 0 Å². The molecular weight excluding hydrogens is 210 g/mol. The standard InChI is InChI=1S/C14H17N3/c1-9-13-12(16-17(9)2)6-5-10-3-4-11(7-8-15)14(10)13/h5-7H,3-4,8,15H2,1-2H3/b11-7+. The van der Waals surface area contributed by atoms with Crippen LogP contribution in [0.3, 0.4) is 0 Å². The Morgan fingerprint density at radius 3 is 3.00 bits per heavy atom. The van der Waals surface area contributed by atoms with Crippen molar-refractivity contribution >= 4 is 16.5 Å². The second kappa shape index (κ2) is 3.70. The molecule has 3 rings (SSSR count). The van der Waals surface area contributed by atoms with E-state index in [0.29, 0.717) is 6.54 Å². The smallest absolute Gasteiger partial charge is 0.0932 e. The third kappa shape index (κ3) is 1.42. The third-order valence-corrected chi connectivity index (χ3v) is 3.72. The first-order valence-electron chi connectivity index (χ1n) is 6.07. The first-order chi connectivity index (χ1) is 8.22. The van der Waals surface area contributed by atoms with Gasteiger partial charge in [0.1, 0.15) is 0 Å². The Balaban J connectivity index is 2.38. The molecule has 0 saturated carbocycles. The summed E-state index contributed by atoms with van der Waals surface area (Å²) in [5.41, 5.74) is 12.2. The van der Waals surface area contributed by atoms with E-state index < -0.39 is 0 Å². The Kier molecular flexibility index (Phi) is 2.30. The molecule has 1 aromatic heterocycles. The van der Waals surface area contributed by atoms with Crippen molar-refractivity contribution in [2.75, 3.05) is 6.54 Å². The topological polar surface area (TPSA) is 43.8 Å². The fourth-order valence-corrected chi connectivity index (χ4v) is 2.80. The molecule has 0 aliphatic heterocycles. The van der Waals surface area contributed by atoms with Gasteiger partial charge in [-0.1, -0.05) is 12.1 Å². The molecule has 2 N–H and O–H groups in total. The van der Waals surface area contributed by atoms with E-state index in [0.717, 1.165) is 18.4 Å². The molecule has 1 aliphatic rings. The van der Waals surface area contributed by atoms with Crippen LogP contribution in [0.2, 0.25) is 0 Å². The number of aromatic nitrogens is 2. The molecule has 1 aromatic carbocycles. The SMILES string of the molecule is Cc1c2c3c(ccc2nn1C)CC/C3=C\CN. The average molecular weight is 227 g/mol. The Morgan fingerprint density at radius 2 is 2.24 bits per heavy atom. The van der Waals surface area contributed by atoms with Crippen LogP contribution in [0.4, 0.5) is 0 Å². The molecule has 0 bridgehead atoms. The summed E-state index contributed by atoms with van der Waals surface area (Å²) in [7, 11) is 2.00. The Hall–Kier alpha value is -1.61. The second-order valence-electron chi connectivity index (χ2n) is 4.67. The predicted octanol–water partition coefficient (Wildman–Crippen LogP) is 2.17. The van der Waals surface area contributed by atoms with Crippen LogP contribution in [0.25, 0.3) is 16.5 Å². The first-order valence-corrected chi connectivity index (χ1v) is 6.07. The van der Waals surface area contributed by atoms with Crippen molar-refractivity contribution in [2.24, 2.45) is 12.8 Å². The van der Waals surface area contributed by atoms with Crippen LogP contribution >= 0.6 is 0 Å². The molecule has 0 spiro atoms. The zero-order chi connectivity index (χ0) is 12.0. The maximum Gasteiger partial charge on any atom is 0.0932 e. The predicted molar refractivity (Wildman–Crippen MR) is 70.8 cm³/mol. The fraction of sp³-hybridized carbons (Fsp3) is 0.357. The summed E-state index contributed by atoms with van der Waals surface area (Å²) in [6, 6.07) is 4.34. The van der Waals surface area contributed by atoms with Crippen molar-refractivity contribution < 1.29 is 0 Å². The third-order valence-electron chi connectivity index (χ3n) is 3.72. The largest absolute Gasteiger partial charge is 0.327 e. The minimum absolute atomic E-state index is 0.616. The molecule has 3 nitrogen and oxygen atoms in total. The maximum atomic E-state index is 5.66. The van der Waals surface area contributed by atoms with Crippen molar-refractivity contribution in [3.05, 3.63) is 35.0 Å². The highest BCUT2D eigenvalue weighted by Gasteiger charge is 2.21. The van der Waals surface area contributed by atoms with Gasteiger partial charge < -0.3 is 5.73 Å². The fourth-order valence-electron chi connectivity index (χ4n) is 2.80. The van der Waals surface area contributed by atoms with Gasteiger partial charge in [0.25, 0.3) is 0 Å². The number of nitrogens with zero attached hydrogens (tertiary/aromatic N) is 2. The number of hydrogen-bond acceptors (Lipinski definition) is 2. The molecule has 0 saturated heterocycles. The quantitative estimate of drug-likeness (QED) is 0.811. The highest BCUT2D eigenvalue weighted by molar-refractivity contribution is 5.96. The number of hydrogen-bond donors (Lipinski definition) is 1. The van der Waals surface area contributed by atoms with Gasteiger partial charge in [0, 0.05) is 24.7 Å². The number of benzene rings is 1. The van der Waals surface area contributed by atoms with Crippen molar-refractivity contribution in [1.82, 2.24) is 9.78 Å². The van der Waals surface area contributed by atoms with Crippen LogP contribution in [0.5, 0.6) is 0 Å². The van der Waals surface area contributed by atoms with Crippen LogP contribution in [0.15, 0.2) is 18.2 Å². The van der Waals surface area contributed by atoms with E-state index in [9.17, 15) is 0 Å². The zero-order valence-electron chi connectivity index (χ0n) is 10.3. The number of nitrogens with two attached hydrogens (primary N) is 1. The van der Waals surface area contributed by atoms with Crippen LogP contribution < -0.4 is 5.73 Å². The van der Waals surface area contributed by atoms with Crippen molar-refractivity contribution in [1.29, 1.82) is 0 Å². The summed E-state index contributed by atoms with van der Waals surface area (Å²) >= 11 is 0. The van der Waals surface area contributed by atoms with Crippen LogP contribution in [-0.4, -0.2) is 16.3 Å². The highest BCUT2D eigenvalue weighted by atomic mass is 15.3. The molecular formula is C14H17N3. The summed E-state index contributed by atoms with van der Waals surface area (Å²) in [5, 5.41) is 5.85. The molecule has 88 valence electrons. The molecule has 0 unspecified atom stereocenters. The summed E-state index contributed by atoms with van der Waals surface area (Å²) in [6.45, 7) is 2.75. The zero-order valence-corrected chi connectivity index (χ0v) is 10.3. The molecule has 3 heteroatoms. The van der Waals surface area contributed by atoms with Gasteiger partial charge in [-0.3, -0.25) is 4.68 Å². The van der Waals surface area contributed by atoms with E-state index in [2.05, 4.69) is 30.2 Å². The lowest BCUT2D eigenvalue weighted by atomic mass is 10.0. The molecule has 1 aliphatic carbocycles. The van der Waals surface area contributed by atoms with Crippen LogP contribution in [0.1, 0.15) is 23.2 Å². The summed E-state index contributed by atoms with van der Waals surface area (Å²) in [5.74, 6) is 0. The molecule has 0 radical (unpaired) electrons. The maximum absolute atomic E-state index is 5.66. The Labute approximate surface area is 101 Å². The summed E-state index contributed by atoms with van der Waals surface area (Å²) in [4.78, 5) is 0. The van der Waals surface area contributed by atoms with Gasteiger partial charge in [-0.15, -0.1) is 0 Å². The summed E-state index contributed by atoms with van der Waals surface area (Å²) < 4.78 is 1.96. The van der Waals surface area contributed by atoms with E-state index in [4.69, 9.17) is 5.73 Å². The lowest BCUT2D eigenvalue weighted by Crippen LogP contribution is -1.95. The van der Waals surface area contributed by atoms with Gasteiger partial charge in [-0.25, -0.2) is 0 Å². The molecule has 2 aromatic rings. The van der Waals surface area contributed by atoms with Gasteiger partial charge in [-0.05, 0) is 42.5 Å². The highest BCUT2D eigenvalue weighted by Crippen LogP contribution is 2.38. The average Bonchev–Trinajstić information content (AvgIpc) is 2.83. The Morgan fingerprint density at radius 1 is 1.41 bits per heavy atom. The van der Waals surface area contributed by atoms with Crippen molar-refractivity contribution in [2.45, 2.75) is 19.8 Å². The number of aryl methyl sites for hydroxylation is 3. The van der Waals surface area contributed by atoms with E-state index in [1.165, 1.54) is 27.8 Å². The normalized spacial score (nSPS) is 17.0. The first kappa shape index (κ1) is 10.5. The number of fused-ring (bicyclic) bond motifs is 3. The molecule has 0 atom stereocenters. The molecule has 0 fully saturated rings. The van der Waals surface area contributed by atoms with Crippen molar-refractivity contribution in [3.63, 3.8) is 0 Å². The van der Waals surface area contributed by atoms with E-state index in [1.807, 2.05) is 11.7 Å². The van der Waals surface area contributed by atoms with E-state index in [1.54, 1.807) is 0 Å². The van der Waals surface area contributed by atoms with Crippen molar-refractivity contribution in [3.8, 4) is 0 Å². The van der Waals surface area contributed by atoms with Gasteiger partial charge >= 0.3 is 0 Å². The summed E-state index contributed by atoms with van der Waals surface area (Å²) in [6.07, 6.45) is 4.39. The minimum atomic E-state index is 0.616. The number of rotatable bonds is 1. The van der Waals surface area contributed by atoms with E-state index >= 15 is 0 Å². The van der Waals surface area contributed by atoms with Crippen LogP contribution in [-0.2, 0) is 13.5 Å². The lowest BCUT2D eigenvalue weighted by molar-refractivity contribution is 0.751. The van der Waals surface area contributed by atoms with E-state index in [-0.39, 0.29) is 0 Å². The van der Waals surface area contributed by atoms with Gasteiger partial charge in [0.05, 0.1) is 5.52 Å². The number of allylic oxidation sites excluding steroid dienone is 1. The minimum Gasteiger partial charge on any atom is -0.327 e. The molecule has 17 heavy (non-hydrogen) atoms. The van der Waals surface area contributed by atoms with Gasteiger partial charge in [0.15, 0.2) is 0 Å². The second-order valence-corrected chi connectivity index (χ2v) is 4.67. The van der Waals surface area contributed by atoms with Crippen LogP contribution in [0, 0.1) is 6.92 Å².